The molecule has 2 rings (SSSR count). The third-order valence-corrected chi connectivity index (χ3v) is 4.03. The van der Waals surface area contributed by atoms with Gasteiger partial charge in [-0.25, -0.2) is 0 Å². The van der Waals surface area contributed by atoms with Crippen molar-refractivity contribution in [3.05, 3.63) is 58.7 Å². The summed E-state index contributed by atoms with van der Waals surface area (Å²) in [6, 6.07) is 11.7. The van der Waals surface area contributed by atoms with Gasteiger partial charge in [-0.3, -0.25) is 0 Å². The van der Waals surface area contributed by atoms with Crippen LogP contribution in [0.25, 0.3) is 0 Å². The van der Waals surface area contributed by atoms with Gasteiger partial charge in [0.25, 0.3) is 0 Å². The first-order valence-corrected chi connectivity index (χ1v) is 8.11. The van der Waals surface area contributed by atoms with E-state index in [1.807, 2.05) is 37.3 Å². The molecule has 4 heteroatoms. The Labute approximate surface area is 141 Å². The molecule has 0 atom stereocenters. The number of hydrogen-bond acceptors (Lipinski definition) is 3. The lowest BCUT2D eigenvalue weighted by Crippen LogP contribution is -1.90. The number of halogens is 1. The minimum Gasteiger partial charge on any atom is -0.497 e. The number of hydrogen-bond donors (Lipinski definition) is 1. The number of rotatable bonds is 4. The highest BCUT2D eigenvalue weighted by Gasteiger charge is 1.98. The van der Waals surface area contributed by atoms with Crippen LogP contribution in [0.4, 0.5) is 0 Å². The first-order chi connectivity index (χ1) is 10.5. The molecule has 0 aliphatic rings. The Morgan fingerprint density at radius 3 is 1.73 bits per heavy atom. The van der Waals surface area contributed by atoms with Crippen molar-refractivity contribution in [1.82, 2.24) is 0 Å². The topological polar surface area (TPSA) is 38.7 Å². The molecule has 0 bridgehead atoms. The highest BCUT2D eigenvalue weighted by Crippen LogP contribution is 2.19. The standard InChI is InChI=1S/C9H11BrO.C9H12O2/c2*1-7-3-4-9(11-2)5-8(7)6-10/h3-5H,6H2,1-2H3;3-5,10H,6H2,1-2H3. The predicted octanol–water partition coefficient (Wildman–Crippen LogP) is 4.39. The molecule has 2 aromatic rings. The summed E-state index contributed by atoms with van der Waals surface area (Å²) in [5.74, 6) is 1.71. The summed E-state index contributed by atoms with van der Waals surface area (Å²) in [6.45, 7) is 4.13. The van der Waals surface area contributed by atoms with E-state index in [4.69, 9.17) is 14.6 Å². The van der Waals surface area contributed by atoms with E-state index in [1.54, 1.807) is 14.2 Å². The molecule has 120 valence electrons. The normalized spacial score (nSPS) is 9.73. The third-order valence-electron chi connectivity index (χ3n) is 3.43. The second-order valence-electron chi connectivity index (χ2n) is 4.88. The van der Waals surface area contributed by atoms with Crippen LogP contribution in [0.3, 0.4) is 0 Å². The van der Waals surface area contributed by atoms with E-state index in [0.29, 0.717) is 0 Å². The van der Waals surface area contributed by atoms with Crippen molar-refractivity contribution in [3.63, 3.8) is 0 Å². The summed E-state index contributed by atoms with van der Waals surface area (Å²) in [5, 5.41) is 9.77. The minimum atomic E-state index is 0.0725. The van der Waals surface area contributed by atoms with Crippen molar-refractivity contribution < 1.29 is 14.6 Å². The van der Waals surface area contributed by atoms with E-state index in [1.165, 1.54) is 11.1 Å². The molecule has 0 radical (unpaired) electrons. The van der Waals surface area contributed by atoms with Gasteiger partial charge in [0.05, 0.1) is 20.8 Å². The lowest BCUT2D eigenvalue weighted by molar-refractivity contribution is 0.280. The van der Waals surface area contributed by atoms with E-state index in [0.717, 1.165) is 28.0 Å². The molecule has 0 unspecified atom stereocenters. The van der Waals surface area contributed by atoms with Gasteiger partial charge in [0.15, 0.2) is 0 Å². The van der Waals surface area contributed by atoms with Crippen LogP contribution >= 0.6 is 15.9 Å². The van der Waals surface area contributed by atoms with Gasteiger partial charge < -0.3 is 14.6 Å². The highest BCUT2D eigenvalue weighted by atomic mass is 79.9. The Bertz CT molecular complexity index is 543. The number of ether oxygens (including phenoxy) is 2. The van der Waals surface area contributed by atoms with E-state index in [-0.39, 0.29) is 6.61 Å². The Morgan fingerprint density at radius 2 is 1.32 bits per heavy atom. The van der Waals surface area contributed by atoms with E-state index in [2.05, 4.69) is 28.9 Å². The monoisotopic (exact) mass is 366 g/mol. The summed E-state index contributed by atoms with van der Waals surface area (Å²) in [5.41, 5.74) is 4.59. The molecular formula is C18H23BrO3. The number of alkyl halides is 1. The maximum absolute atomic E-state index is 8.88. The number of aliphatic hydroxyl groups is 1. The van der Waals surface area contributed by atoms with Crippen LogP contribution in [0.5, 0.6) is 11.5 Å². The van der Waals surface area contributed by atoms with Gasteiger partial charge >= 0.3 is 0 Å². The molecule has 0 spiro atoms. The molecule has 0 saturated carbocycles. The van der Waals surface area contributed by atoms with Crippen LogP contribution in [-0.4, -0.2) is 19.3 Å². The highest BCUT2D eigenvalue weighted by molar-refractivity contribution is 9.08. The van der Waals surface area contributed by atoms with Gasteiger partial charge in [-0.2, -0.15) is 0 Å². The Balaban J connectivity index is 0.000000220. The van der Waals surface area contributed by atoms with Gasteiger partial charge in [-0.1, -0.05) is 28.1 Å². The minimum absolute atomic E-state index is 0.0725. The molecule has 22 heavy (non-hydrogen) atoms. The maximum Gasteiger partial charge on any atom is 0.119 e. The fourth-order valence-electron chi connectivity index (χ4n) is 1.86. The fraction of sp³-hybridized carbons (Fsp3) is 0.333. The first kappa shape index (κ1) is 18.5. The molecule has 2 aromatic carbocycles. The zero-order chi connectivity index (χ0) is 16.5. The second-order valence-corrected chi connectivity index (χ2v) is 5.44. The van der Waals surface area contributed by atoms with Crippen LogP contribution in [0, 0.1) is 13.8 Å². The van der Waals surface area contributed by atoms with Crippen LogP contribution in [0.15, 0.2) is 36.4 Å². The second kappa shape index (κ2) is 9.49. The van der Waals surface area contributed by atoms with Crippen molar-refractivity contribution in [2.45, 2.75) is 25.8 Å². The number of methoxy groups -OCH3 is 2. The third kappa shape index (κ3) is 5.35. The van der Waals surface area contributed by atoms with Gasteiger partial charge in [-0.05, 0) is 60.4 Å². The molecule has 0 aromatic heterocycles. The number of aliphatic hydroxyl groups excluding tert-OH is 1. The van der Waals surface area contributed by atoms with Crippen molar-refractivity contribution in [1.29, 1.82) is 0 Å². The molecule has 0 aliphatic heterocycles. The van der Waals surface area contributed by atoms with Crippen molar-refractivity contribution >= 4 is 15.9 Å². The summed E-state index contributed by atoms with van der Waals surface area (Å²) in [7, 11) is 3.30. The number of aryl methyl sites for hydroxylation is 2. The summed E-state index contributed by atoms with van der Waals surface area (Å²) < 4.78 is 10.1. The van der Waals surface area contributed by atoms with Crippen LogP contribution in [-0.2, 0) is 11.9 Å². The van der Waals surface area contributed by atoms with Gasteiger partial charge in [0.2, 0.25) is 0 Å². The summed E-state index contributed by atoms with van der Waals surface area (Å²) in [6.07, 6.45) is 0. The van der Waals surface area contributed by atoms with E-state index < -0.39 is 0 Å². The average Bonchev–Trinajstić information content (AvgIpc) is 2.56. The quantitative estimate of drug-likeness (QED) is 0.815. The first-order valence-electron chi connectivity index (χ1n) is 6.99. The van der Waals surface area contributed by atoms with Crippen LogP contribution in [0.2, 0.25) is 0 Å². The van der Waals surface area contributed by atoms with Crippen LogP contribution < -0.4 is 9.47 Å². The SMILES string of the molecule is COc1ccc(C)c(CBr)c1.COc1ccc(C)c(CO)c1. The molecule has 1 N–H and O–H groups in total. The molecule has 0 saturated heterocycles. The summed E-state index contributed by atoms with van der Waals surface area (Å²) in [4.78, 5) is 0. The number of benzene rings is 2. The molecule has 3 nitrogen and oxygen atoms in total. The smallest absolute Gasteiger partial charge is 0.119 e. The lowest BCUT2D eigenvalue weighted by Gasteiger charge is -2.04. The Morgan fingerprint density at radius 1 is 0.864 bits per heavy atom. The van der Waals surface area contributed by atoms with Gasteiger partial charge in [-0.15, -0.1) is 0 Å². The maximum atomic E-state index is 8.88. The Hall–Kier alpha value is -1.52. The zero-order valence-electron chi connectivity index (χ0n) is 13.5. The Kier molecular flexibility index (Phi) is 7.99. The van der Waals surface area contributed by atoms with Crippen molar-refractivity contribution in [2.75, 3.05) is 14.2 Å². The van der Waals surface area contributed by atoms with Crippen LogP contribution in [0.1, 0.15) is 22.3 Å². The summed E-state index contributed by atoms with van der Waals surface area (Å²) >= 11 is 3.42. The molecule has 0 amide bonds. The van der Waals surface area contributed by atoms with E-state index in [9.17, 15) is 0 Å². The van der Waals surface area contributed by atoms with Crippen molar-refractivity contribution in [2.24, 2.45) is 0 Å². The predicted molar refractivity (Wildman–Crippen MR) is 94.0 cm³/mol. The van der Waals surface area contributed by atoms with E-state index >= 15 is 0 Å². The lowest BCUT2D eigenvalue weighted by atomic mass is 10.1. The molecule has 0 heterocycles. The van der Waals surface area contributed by atoms with Crippen molar-refractivity contribution in [3.8, 4) is 11.5 Å². The largest absolute Gasteiger partial charge is 0.497 e. The molecular weight excluding hydrogens is 344 g/mol. The fourth-order valence-corrected chi connectivity index (χ4v) is 2.47. The zero-order valence-corrected chi connectivity index (χ0v) is 15.1. The van der Waals surface area contributed by atoms with Gasteiger partial charge in [0, 0.05) is 5.33 Å². The van der Waals surface area contributed by atoms with Gasteiger partial charge in [0.1, 0.15) is 11.5 Å². The average molecular weight is 367 g/mol. The molecule has 0 aliphatic carbocycles. The molecule has 0 fully saturated rings.